The average molecular weight is 1060 g/mol. The van der Waals surface area contributed by atoms with Gasteiger partial charge in [-0.3, -0.25) is 23.4 Å². The first kappa shape index (κ1) is 70.4. The molecule has 0 amide bonds. The number of esters is 3. The van der Waals surface area contributed by atoms with E-state index in [0.717, 1.165) is 103 Å². The molecule has 0 aromatic heterocycles. The molecule has 11 nitrogen and oxygen atoms in total. The van der Waals surface area contributed by atoms with Gasteiger partial charge in [-0.2, -0.15) is 0 Å². The van der Waals surface area contributed by atoms with Crippen LogP contribution in [0.5, 0.6) is 0 Å². The number of phosphoric ester groups is 1. The van der Waals surface area contributed by atoms with E-state index in [2.05, 4.69) is 112 Å². The molecule has 0 saturated carbocycles. The fourth-order valence-electron chi connectivity index (χ4n) is 7.52. The summed E-state index contributed by atoms with van der Waals surface area (Å²) in [6.07, 6.45) is 65.2. The van der Waals surface area contributed by atoms with Crippen LogP contribution in [0.15, 0.2) is 97.2 Å². The number of phosphoric acid groups is 1. The van der Waals surface area contributed by atoms with Crippen molar-refractivity contribution < 1.29 is 52.2 Å². The zero-order valence-corrected chi connectivity index (χ0v) is 47.7. The highest BCUT2D eigenvalue weighted by Crippen LogP contribution is 2.43. The van der Waals surface area contributed by atoms with Gasteiger partial charge in [0, 0.05) is 19.3 Å². The number of allylic oxidation sites excluding steroid dienone is 16. The Bertz CT molecular complexity index is 1610. The van der Waals surface area contributed by atoms with Gasteiger partial charge in [0.25, 0.3) is 0 Å². The maximum atomic E-state index is 12.9. The first-order valence-electron chi connectivity index (χ1n) is 29.1. The molecule has 12 heteroatoms. The highest BCUT2D eigenvalue weighted by molar-refractivity contribution is 7.47. The minimum atomic E-state index is -4.77. The Morgan fingerprint density at radius 2 is 0.730 bits per heavy atom. The summed E-state index contributed by atoms with van der Waals surface area (Å²) in [5, 5.41) is 9.79. The maximum absolute atomic E-state index is 12.9. The van der Waals surface area contributed by atoms with Crippen LogP contribution in [0.3, 0.4) is 0 Å². The third-order valence-corrected chi connectivity index (χ3v) is 12.9. The largest absolute Gasteiger partial charge is 0.472 e. The summed E-state index contributed by atoms with van der Waals surface area (Å²) in [4.78, 5) is 48.5. The van der Waals surface area contributed by atoms with Crippen LogP contribution in [-0.2, 0) is 42.2 Å². The number of aliphatic hydroxyl groups is 1. The molecule has 0 fully saturated rings. The second kappa shape index (κ2) is 55.6. The molecular formula is C62H105O11P. The third kappa shape index (κ3) is 53.2. The van der Waals surface area contributed by atoms with Crippen molar-refractivity contribution in [3.05, 3.63) is 97.2 Å². The van der Waals surface area contributed by atoms with E-state index in [1.165, 1.54) is 70.6 Å². The Kier molecular flexibility index (Phi) is 52.9. The molecule has 0 rings (SSSR count). The van der Waals surface area contributed by atoms with Crippen LogP contribution in [0.4, 0.5) is 0 Å². The van der Waals surface area contributed by atoms with Crippen molar-refractivity contribution in [1.82, 2.24) is 0 Å². The lowest BCUT2D eigenvalue weighted by Crippen LogP contribution is -2.30. The monoisotopic (exact) mass is 1060 g/mol. The molecule has 0 spiro atoms. The van der Waals surface area contributed by atoms with Gasteiger partial charge in [0.05, 0.1) is 19.8 Å². The number of rotatable bonds is 53. The maximum Gasteiger partial charge on any atom is 0.472 e. The number of aliphatic hydroxyl groups excluding tert-OH is 1. The minimum absolute atomic E-state index is 0.143. The van der Waals surface area contributed by atoms with Crippen molar-refractivity contribution in [2.45, 2.75) is 251 Å². The lowest BCUT2D eigenvalue weighted by molar-refractivity contribution is -0.161. The quantitative estimate of drug-likeness (QED) is 0.0197. The molecule has 424 valence electrons. The van der Waals surface area contributed by atoms with Crippen LogP contribution in [0, 0.1) is 0 Å². The number of ether oxygens (including phenoxy) is 3. The number of unbranched alkanes of at least 4 members (excludes halogenated alkanes) is 20. The number of hydrogen-bond acceptors (Lipinski definition) is 10. The Labute approximate surface area is 451 Å². The van der Waals surface area contributed by atoms with Crippen molar-refractivity contribution in [3.63, 3.8) is 0 Å². The zero-order valence-electron chi connectivity index (χ0n) is 46.8. The molecule has 0 heterocycles. The zero-order chi connectivity index (χ0) is 54.1. The lowest BCUT2D eigenvalue weighted by atomic mass is 10.1. The SMILES string of the molecule is CC/C=C\C/C=C\C/C=C\C/C=C\C/C=C\CCCC(=O)OCC(COP(=O)(O)OCC(CO)OC(=O)CCCCCCC/C=C\CCCC)OC(=O)CCCCCCCCCCC/C=C\C/C=C\CCCCC. The van der Waals surface area contributed by atoms with Gasteiger partial charge in [-0.1, -0.05) is 208 Å². The summed E-state index contributed by atoms with van der Waals surface area (Å²) in [6, 6.07) is 0. The summed E-state index contributed by atoms with van der Waals surface area (Å²) in [5.74, 6) is -1.55. The van der Waals surface area contributed by atoms with Crippen LogP contribution in [0.1, 0.15) is 239 Å². The van der Waals surface area contributed by atoms with Gasteiger partial charge in [0.2, 0.25) is 0 Å². The van der Waals surface area contributed by atoms with Crippen molar-refractivity contribution in [1.29, 1.82) is 0 Å². The van der Waals surface area contributed by atoms with E-state index in [1.807, 2.05) is 6.08 Å². The fraction of sp³-hybridized carbons (Fsp3) is 0.694. The van der Waals surface area contributed by atoms with Crippen LogP contribution in [-0.4, -0.2) is 66.5 Å². The van der Waals surface area contributed by atoms with Crippen LogP contribution < -0.4 is 0 Å². The summed E-state index contributed by atoms with van der Waals surface area (Å²) in [5.41, 5.74) is 0. The molecule has 3 unspecified atom stereocenters. The first-order valence-corrected chi connectivity index (χ1v) is 30.6. The normalized spacial score (nSPS) is 14.1. The standard InChI is InChI=1S/C62H105O11P/c1-4-7-10-13-16-19-22-24-26-28-29-31-33-35-38-41-44-47-50-53-62(66)73-59(55-69-60(64)51-48-45-42-39-37-34-32-30-27-25-23-20-17-14-11-8-5-2)57-71-74(67,68)70-56-58(54-63)72-61(65)52-49-46-43-40-36-21-18-15-12-9-6-3/h8,11,15-20,24-27,32,34,39,42,58-59,63H,4-7,9-10,12-14,21-23,28-31,33,35-38,40-41,43-57H2,1-3H3,(H,67,68)/b11-8-,18-15-,19-16-,20-17-,26-24-,27-25-,34-32-,42-39-. The van der Waals surface area contributed by atoms with Crippen LogP contribution in [0.2, 0.25) is 0 Å². The molecule has 0 aromatic rings. The van der Waals surface area contributed by atoms with E-state index in [0.29, 0.717) is 25.7 Å². The molecule has 0 radical (unpaired) electrons. The smallest absolute Gasteiger partial charge is 0.462 e. The second-order valence-electron chi connectivity index (χ2n) is 19.1. The summed E-state index contributed by atoms with van der Waals surface area (Å²) >= 11 is 0. The first-order chi connectivity index (χ1) is 36.2. The van der Waals surface area contributed by atoms with E-state index >= 15 is 0 Å². The highest BCUT2D eigenvalue weighted by atomic mass is 31.2. The molecule has 0 aliphatic heterocycles. The summed E-state index contributed by atoms with van der Waals surface area (Å²) < 4.78 is 39.4. The van der Waals surface area contributed by atoms with E-state index in [9.17, 15) is 28.9 Å². The van der Waals surface area contributed by atoms with Gasteiger partial charge in [-0.05, 0) is 109 Å². The average Bonchev–Trinajstić information content (AvgIpc) is 3.39. The topological polar surface area (TPSA) is 155 Å². The molecule has 0 saturated heterocycles. The molecule has 0 aliphatic carbocycles. The third-order valence-electron chi connectivity index (χ3n) is 12.0. The molecular weight excluding hydrogens is 952 g/mol. The summed E-state index contributed by atoms with van der Waals surface area (Å²) in [6.45, 7) is 4.39. The molecule has 0 bridgehead atoms. The number of hydrogen-bond donors (Lipinski definition) is 2. The van der Waals surface area contributed by atoms with E-state index in [1.54, 1.807) is 0 Å². The van der Waals surface area contributed by atoms with Crippen LogP contribution in [0.25, 0.3) is 0 Å². The van der Waals surface area contributed by atoms with Gasteiger partial charge in [0.15, 0.2) is 6.10 Å². The molecule has 2 N–H and O–H groups in total. The Morgan fingerprint density at radius 1 is 0.392 bits per heavy atom. The van der Waals surface area contributed by atoms with Gasteiger partial charge < -0.3 is 24.2 Å². The molecule has 3 atom stereocenters. The van der Waals surface area contributed by atoms with E-state index in [-0.39, 0.29) is 25.9 Å². The van der Waals surface area contributed by atoms with Gasteiger partial charge in [-0.15, -0.1) is 0 Å². The van der Waals surface area contributed by atoms with Crippen molar-refractivity contribution in [2.24, 2.45) is 0 Å². The minimum Gasteiger partial charge on any atom is -0.462 e. The van der Waals surface area contributed by atoms with Crippen molar-refractivity contribution in [3.8, 4) is 0 Å². The molecule has 0 aliphatic rings. The van der Waals surface area contributed by atoms with Crippen molar-refractivity contribution >= 4 is 25.7 Å². The fourth-order valence-corrected chi connectivity index (χ4v) is 8.30. The molecule has 74 heavy (non-hydrogen) atoms. The van der Waals surface area contributed by atoms with E-state index < -0.39 is 57.8 Å². The van der Waals surface area contributed by atoms with Gasteiger partial charge >= 0.3 is 25.7 Å². The van der Waals surface area contributed by atoms with Crippen molar-refractivity contribution in [2.75, 3.05) is 26.4 Å². The Morgan fingerprint density at radius 3 is 1.18 bits per heavy atom. The predicted octanol–water partition coefficient (Wildman–Crippen LogP) is 17.3. The Balaban J connectivity index is 4.82. The molecule has 0 aromatic carbocycles. The summed E-state index contributed by atoms with van der Waals surface area (Å²) in [7, 11) is -4.77. The van der Waals surface area contributed by atoms with Gasteiger partial charge in [0.1, 0.15) is 12.7 Å². The predicted molar refractivity (Wildman–Crippen MR) is 307 cm³/mol. The second-order valence-corrected chi connectivity index (χ2v) is 20.5. The van der Waals surface area contributed by atoms with Crippen LogP contribution >= 0.6 is 7.82 Å². The lowest BCUT2D eigenvalue weighted by Gasteiger charge is -2.21. The van der Waals surface area contributed by atoms with E-state index in [4.69, 9.17) is 23.3 Å². The Hall–Kier alpha value is -3.60. The highest BCUT2D eigenvalue weighted by Gasteiger charge is 2.28. The number of carbonyl (C=O) groups is 3. The number of carbonyl (C=O) groups excluding carboxylic acids is 3. The van der Waals surface area contributed by atoms with Gasteiger partial charge in [-0.25, -0.2) is 4.57 Å².